The Hall–Kier alpha value is -1.85. The van der Waals surface area contributed by atoms with Gasteiger partial charge in [0.2, 0.25) is 5.91 Å². The maximum Gasteiger partial charge on any atom is 0.237 e. The Morgan fingerprint density at radius 1 is 1.23 bits per heavy atom. The van der Waals surface area contributed by atoms with Crippen LogP contribution in [0.4, 0.5) is 0 Å². The van der Waals surface area contributed by atoms with Gasteiger partial charge in [0.05, 0.1) is 19.7 Å². The average Bonchev–Trinajstić information content (AvgIpc) is 3.05. The summed E-state index contributed by atoms with van der Waals surface area (Å²) in [6.45, 7) is 4.47. The topological polar surface area (TPSA) is 50.4 Å². The predicted octanol–water partition coefficient (Wildman–Crippen LogP) is 3.11. The first-order chi connectivity index (χ1) is 10.6. The molecule has 0 aliphatic rings. The molecule has 0 aliphatic carbocycles. The molecule has 1 aromatic heterocycles. The monoisotopic (exact) mass is 318 g/mol. The van der Waals surface area contributed by atoms with Crippen molar-refractivity contribution >= 4 is 17.2 Å². The van der Waals surface area contributed by atoms with Crippen molar-refractivity contribution in [3.8, 4) is 5.75 Å². The van der Waals surface area contributed by atoms with Crippen LogP contribution in [0.15, 0.2) is 41.8 Å². The van der Waals surface area contributed by atoms with Crippen LogP contribution in [0.5, 0.6) is 5.75 Å². The number of thiophene rings is 1. The number of benzene rings is 1. The number of carbonyl (C=O) groups excluding carboxylic acids is 1. The molecule has 0 aliphatic heterocycles. The molecular weight excluding hydrogens is 296 g/mol. The van der Waals surface area contributed by atoms with Gasteiger partial charge in [-0.05, 0) is 31.4 Å². The maximum absolute atomic E-state index is 12.2. The lowest BCUT2D eigenvalue weighted by molar-refractivity contribution is -0.123. The number of para-hydroxylation sites is 1. The highest BCUT2D eigenvalue weighted by Gasteiger charge is 2.18. The molecule has 1 heterocycles. The van der Waals surface area contributed by atoms with Crippen LogP contribution in [0.2, 0.25) is 0 Å². The van der Waals surface area contributed by atoms with Gasteiger partial charge in [0.25, 0.3) is 0 Å². The minimum atomic E-state index is -0.278. The number of hydrogen-bond acceptors (Lipinski definition) is 4. The van der Waals surface area contributed by atoms with E-state index in [0.717, 1.165) is 16.2 Å². The molecule has 4 nitrogen and oxygen atoms in total. The number of hydrogen-bond donors (Lipinski definition) is 2. The Bertz CT molecular complexity index is 598. The Morgan fingerprint density at radius 2 is 2.00 bits per heavy atom. The van der Waals surface area contributed by atoms with Crippen LogP contribution in [0.1, 0.15) is 30.3 Å². The van der Waals surface area contributed by atoms with Crippen molar-refractivity contribution in [2.45, 2.75) is 32.5 Å². The largest absolute Gasteiger partial charge is 0.496 e. The first-order valence-electron chi connectivity index (χ1n) is 7.31. The third-order valence-corrected chi connectivity index (χ3v) is 4.39. The molecule has 2 N–H and O–H groups in total. The molecule has 0 radical (unpaired) electrons. The molecule has 5 heteroatoms. The molecular formula is C17H22N2O2S. The quantitative estimate of drug-likeness (QED) is 0.825. The summed E-state index contributed by atoms with van der Waals surface area (Å²) in [6, 6.07) is 11.6. The van der Waals surface area contributed by atoms with Crippen molar-refractivity contribution in [2.75, 3.05) is 7.11 Å². The van der Waals surface area contributed by atoms with E-state index >= 15 is 0 Å². The molecule has 1 aromatic carbocycles. The fourth-order valence-corrected chi connectivity index (χ4v) is 2.95. The van der Waals surface area contributed by atoms with Gasteiger partial charge in [-0.2, -0.15) is 0 Å². The summed E-state index contributed by atoms with van der Waals surface area (Å²) in [6.07, 6.45) is 0. The smallest absolute Gasteiger partial charge is 0.237 e. The standard InChI is InChI=1S/C17H22N2O2S/c1-12(15-8-4-5-9-16(15)21-3)19-13(2)17(20)18-11-14-7-6-10-22-14/h4-10,12-13,19H,11H2,1-3H3,(H,18,20)/t12-,13-/m1/s1. The van der Waals surface area contributed by atoms with E-state index in [1.165, 1.54) is 0 Å². The Kier molecular flexibility index (Phi) is 5.98. The summed E-state index contributed by atoms with van der Waals surface area (Å²) in [5.74, 6) is 0.823. The predicted molar refractivity (Wildman–Crippen MR) is 90.2 cm³/mol. The van der Waals surface area contributed by atoms with Crippen molar-refractivity contribution in [2.24, 2.45) is 0 Å². The zero-order valence-electron chi connectivity index (χ0n) is 13.1. The Labute approximate surface area is 135 Å². The third-order valence-electron chi connectivity index (χ3n) is 3.52. The van der Waals surface area contributed by atoms with Gasteiger partial charge in [-0.25, -0.2) is 0 Å². The molecule has 0 bridgehead atoms. The van der Waals surface area contributed by atoms with Gasteiger partial charge in [-0.15, -0.1) is 11.3 Å². The van der Waals surface area contributed by atoms with Gasteiger partial charge < -0.3 is 10.1 Å². The van der Waals surface area contributed by atoms with Crippen molar-refractivity contribution in [1.29, 1.82) is 0 Å². The minimum absolute atomic E-state index is 0.00449. The van der Waals surface area contributed by atoms with Crippen LogP contribution in [0.3, 0.4) is 0 Å². The minimum Gasteiger partial charge on any atom is -0.496 e. The molecule has 2 atom stereocenters. The molecule has 0 unspecified atom stereocenters. The fraction of sp³-hybridized carbons (Fsp3) is 0.353. The van der Waals surface area contributed by atoms with Crippen molar-refractivity contribution in [3.63, 3.8) is 0 Å². The van der Waals surface area contributed by atoms with Crippen molar-refractivity contribution < 1.29 is 9.53 Å². The lowest BCUT2D eigenvalue weighted by atomic mass is 10.1. The zero-order chi connectivity index (χ0) is 15.9. The SMILES string of the molecule is COc1ccccc1[C@@H](C)N[C@H](C)C(=O)NCc1cccs1. The van der Waals surface area contributed by atoms with Gasteiger partial charge >= 0.3 is 0 Å². The molecule has 118 valence electrons. The lowest BCUT2D eigenvalue weighted by Gasteiger charge is -2.21. The third kappa shape index (κ3) is 4.32. The molecule has 0 spiro atoms. The highest BCUT2D eigenvalue weighted by atomic mass is 32.1. The molecule has 0 fully saturated rings. The maximum atomic E-state index is 12.2. The van der Waals surface area contributed by atoms with Crippen LogP contribution in [-0.2, 0) is 11.3 Å². The second-order valence-electron chi connectivity index (χ2n) is 5.15. The van der Waals surface area contributed by atoms with Crippen LogP contribution in [0.25, 0.3) is 0 Å². The molecule has 0 saturated heterocycles. The molecule has 0 saturated carbocycles. The molecule has 2 rings (SSSR count). The number of nitrogens with one attached hydrogen (secondary N) is 2. The van der Waals surface area contributed by atoms with Crippen molar-refractivity contribution in [3.05, 3.63) is 52.2 Å². The first kappa shape index (κ1) is 16.5. The summed E-state index contributed by atoms with van der Waals surface area (Å²) in [7, 11) is 1.66. The fourth-order valence-electron chi connectivity index (χ4n) is 2.31. The first-order valence-corrected chi connectivity index (χ1v) is 8.19. The molecule has 2 aromatic rings. The van der Waals surface area contributed by atoms with Gasteiger partial charge in [0.15, 0.2) is 0 Å². The highest BCUT2D eigenvalue weighted by molar-refractivity contribution is 7.09. The summed E-state index contributed by atoms with van der Waals surface area (Å²) in [4.78, 5) is 13.3. The second-order valence-corrected chi connectivity index (χ2v) is 6.18. The van der Waals surface area contributed by atoms with Crippen LogP contribution in [-0.4, -0.2) is 19.1 Å². The number of methoxy groups -OCH3 is 1. The van der Waals surface area contributed by atoms with Gasteiger partial charge in [0, 0.05) is 16.5 Å². The van der Waals surface area contributed by atoms with E-state index in [0.29, 0.717) is 6.54 Å². The number of ether oxygens (including phenoxy) is 1. The average molecular weight is 318 g/mol. The zero-order valence-corrected chi connectivity index (χ0v) is 13.9. The normalized spacial score (nSPS) is 13.4. The van der Waals surface area contributed by atoms with Gasteiger partial charge in [-0.3, -0.25) is 10.1 Å². The van der Waals surface area contributed by atoms with Crippen molar-refractivity contribution in [1.82, 2.24) is 10.6 Å². The molecule has 1 amide bonds. The number of amides is 1. The Balaban J connectivity index is 1.90. The van der Waals surface area contributed by atoms with Crippen LogP contribution < -0.4 is 15.4 Å². The highest BCUT2D eigenvalue weighted by Crippen LogP contribution is 2.24. The lowest BCUT2D eigenvalue weighted by Crippen LogP contribution is -2.42. The van der Waals surface area contributed by atoms with E-state index in [4.69, 9.17) is 4.74 Å². The summed E-state index contributed by atoms with van der Waals surface area (Å²) < 4.78 is 5.37. The molecule has 22 heavy (non-hydrogen) atoms. The summed E-state index contributed by atoms with van der Waals surface area (Å²) in [5, 5.41) is 8.27. The van der Waals surface area contributed by atoms with E-state index in [9.17, 15) is 4.79 Å². The summed E-state index contributed by atoms with van der Waals surface area (Å²) >= 11 is 1.64. The van der Waals surface area contributed by atoms with Gasteiger partial charge in [0.1, 0.15) is 5.75 Å². The van der Waals surface area contributed by atoms with E-state index in [-0.39, 0.29) is 18.0 Å². The van der Waals surface area contributed by atoms with Gasteiger partial charge in [-0.1, -0.05) is 24.3 Å². The van der Waals surface area contributed by atoms with E-state index in [1.54, 1.807) is 18.4 Å². The van der Waals surface area contributed by atoms with E-state index < -0.39 is 0 Å². The van der Waals surface area contributed by atoms with E-state index in [1.807, 2.05) is 55.6 Å². The number of rotatable bonds is 7. The second kappa shape index (κ2) is 7.96. The summed E-state index contributed by atoms with van der Waals surface area (Å²) in [5.41, 5.74) is 1.04. The Morgan fingerprint density at radius 3 is 2.68 bits per heavy atom. The number of carbonyl (C=O) groups is 1. The van der Waals surface area contributed by atoms with E-state index in [2.05, 4.69) is 10.6 Å². The van der Waals surface area contributed by atoms with Crippen LogP contribution >= 0.6 is 11.3 Å². The van der Waals surface area contributed by atoms with Crippen LogP contribution in [0, 0.1) is 0 Å².